The van der Waals surface area contributed by atoms with Gasteiger partial charge in [0, 0.05) is 39.4 Å². The number of carbonyl (C=O) groups is 1. The number of carbonyl (C=O) groups excluding carboxylic acids is 1. The Balaban J connectivity index is 1.54. The number of hydrogen-bond acceptors (Lipinski definition) is 8. The summed E-state index contributed by atoms with van der Waals surface area (Å²) in [7, 11) is 3.32. The Morgan fingerprint density at radius 1 is 1.06 bits per heavy atom. The van der Waals surface area contributed by atoms with E-state index in [0.717, 1.165) is 30.1 Å². The van der Waals surface area contributed by atoms with Crippen molar-refractivity contribution in [2.24, 2.45) is 0 Å². The minimum Gasteiger partial charge on any atom is -0.495 e. The molecule has 0 radical (unpaired) electrons. The van der Waals surface area contributed by atoms with Crippen molar-refractivity contribution in [3.8, 4) is 5.75 Å². The minimum atomic E-state index is -0.208. The molecule has 5 rings (SSSR count). The molecule has 2 aliphatic rings. The van der Waals surface area contributed by atoms with Crippen LogP contribution in [0.4, 0.5) is 11.5 Å². The Morgan fingerprint density at radius 2 is 1.77 bits per heavy atom. The Kier molecular flexibility index (Phi) is 6.24. The van der Waals surface area contributed by atoms with E-state index < -0.39 is 0 Å². The molecule has 8 nitrogen and oxygen atoms in total. The molecule has 0 aliphatic carbocycles. The van der Waals surface area contributed by atoms with Crippen molar-refractivity contribution in [3.05, 3.63) is 69.0 Å². The molecule has 0 bridgehead atoms. The van der Waals surface area contributed by atoms with E-state index in [-0.39, 0.29) is 11.5 Å². The van der Waals surface area contributed by atoms with Crippen molar-refractivity contribution in [2.75, 3.05) is 50.1 Å². The predicted octanol–water partition coefficient (Wildman–Crippen LogP) is 3.17. The van der Waals surface area contributed by atoms with Crippen LogP contribution in [0.2, 0.25) is 0 Å². The summed E-state index contributed by atoms with van der Waals surface area (Å²) in [4.78, 5) is 37.4. The lowest BCUT2D eigenvalue weighted by molar-refractivity contribution is -0.121. The summed E-state index contributed by atoms with van der Waals surface area (Å²) in [5, 5.41) is 0. The first kappa shape index (κ1) is 23.4. The van der Waals surface area contributed by atoms with E-state index in [1.54, 1.807) is 30.8 Å². The molecule has 4 heterocycles. The van der Waals surface area contributed by atoms with E-state index in [1.165, 1.54) is 16.7 Å². The molecule has 1 aromatic carbocycles. The number of benzene rings is 1. The summed E-state index contributed by atoms with van der Waals surface area (Å²) >= 11 is 6.48. The molecule has 180 valence electrons. The largest absolute Gasteiger partial charge is 0.495 e. The van der Waals surface area contributed by atoms with Crippen LogP contribution in [0.5, 0.6) is 5.75 Å². The van der Waals surface area contributed by atoms with E-state index in [0.29, 0.717) is 39.3 Å². The zero-order valence-corrected chi connectivity index (χ0v) is 21.4. The average Bonchev–Trinajstić information content (AvgIpc) is 3.12. The monoisotopic (exact) mass is 507 g/mol. The molecule has 3 aromatic rings. The fourth-order valence-electron chi connectivity index (χ4n) is 4.34. The second kappa shape index (κ2) is 9.35. The van der Waals surface area contributed by atoms with E-state index in [9.17, 15) is 9.59 Å². The van der Waals surface area contributed by atoms with Gasteiger partial charge in [0.05, 0.1) is 23.3 Å². The predicted molar refractivity (Wildman–Crippen MR) is 145 cm³/mol. The lowest BCUT2D eigenvalue weighted by Gasteiger charge is -2.37. The number of amides is 1. The van der Waals surface area contributed by atoms with Gasteiger partial charge in [-0.15, -0.1) is 0 Å². The number of ether oxygens (including phenoxy) is 1. The highest BCUT2D eigenvalue weighted by Crippen LogP contribution is 2.33. The van der Waals surface area contributed by atoms with Crippen molar-refractivity contribution in [1.82, 2.24) is 14.3 Å². The number of hydrogen-bond donors (Lipinski definition) is 0. The van der Waals surface area contributed by atoms with Crippen LogP contribution in [-0.4, -0.2) is 64.8 Å². The Hall–Kier alpha value is -3.37. The first-order valence-corrected chi connectivity index (χ1v) is 12.5. The summed E-state index contributed by atoms with van der Waals surface area (Å²) in [5.41, 5.74) is 2.76. The molecule has 0 saturated carbocycles. The van der Waals surface area contributed by atoms with Gasteiger partial charge in [-0.05, 0) is 36.8 Å². The maximum Gasteiger partial charge on any atom is 0.267 e. The number of methoxy groups -OCH3 is 1. The van der Waals surface area contributed by atoms with Gasteiger partial charge in [-0.2, -0.15) is 0 Å². The number of nitrogens with zero attached hydrogens (tertiary/aromatic N) is 5. The van der Waals surface area contributed by atoms with Crippen LogP contribution in [0.3, 0.4) is 0 Å². The van der Waals surface area contributed by atoms with Crippen LogP contribution < -0.4 is 20.1 Å². The standard InChI is InChI=1S/C25H25N5O3S2/c1-16-8-9-21-26-22(29-12-10-28(11-13-29)18-6-4-5-7-19(18)33-3)17(23(31)30(21)15-16)14-20-24(32)27(2)25(34)35-20/h4-9,14-15H,10-13H2,1-3H3. The molecule has 2 aliphatic heterocycles. The van der Waals surface area contributed by atoms with E-state index in [2.05, 4.69) is 15.9 Å². The maximum absolute atomic E-state index is 13.6. The summed E-state index contributed by atoms with van der Waals surface area (Å²) in [6.07, 6.45) is 3.42. The molecule has 35 heavy (non-hydrogen) atoms. The second-order valence-corrected chi connectivity index (χ2v) is 10.2. The van der Waals surface area contributed by atoms with Crippen LogP contribution in [-0.2, 0) is 4.79 Å². The summed E-state index contributed by atoms with van der Waals surface area (Å²) in [6.45, 7) is 4.75. The molecular weight excluding hydrogens is 482 g/mol. The first-order valence-electron chi connectivity index (χ1n) is 11.2. The van der Waals surface area contributed by atoms with Gasteiger partial charge in [-0.3, -0.25) is 18.9 Å². The second-order valence-electron chi connectivity index (χ2n) is 8.48. The van der Waals surface area contributed by atoms with Crippen LogP contribution in [0.25, 0.3) is 11.7 Å². The molecule has 0 unspecified atom stereocenters. The number of piperazine rings is 1. The van der Waals surface area contributed by atoms with Gasteiger partial charge >= 0.3 is 0 Å². The first-order chi connectivity index (χ1) is 16.9. The highest BCUT2D eigenvalue weighted by atomic mass is 32.2. The van der Waals surface area contributed by atoms with Gasteiger partial charge in [-0.25, -0.2) is 4.98 Å². The molecule has 2 fully saturated rings. The number of rotatable bonds is 4. The molecule has 2 aromatic heterocycles. The number of pyridine rings is 1. The summed E-state index contributed by atoms with van der Waals surface area (Å²) in [6, 6.07) is 11.7. The van der Waals surface area contributed by atoms with Gasteiger partial charge in [0.15, 0.2) is 0 Å². The highest BCUT2D eigenvalue weighted by molar-refractivity contribution is 8.26. The van der Waals surface area contributed by atoms with Crippen LogP contribution >= 0.6 is 24.0 Å². The number of aromatic nitrogens is 2. The van der Waals surface area contributed by atoms with Crippen LogP contribution in [0, 0.1) is 6.92 Å². The fourth-order valence-corrected chi connectivity index (χ4v) is 5.50. The highest BCUT2D eigenvalue weighted by Gasteiger charge is 2.31. The Labute approximate surface area is 212 Å². The Morgan fingerprint density at radius 3 is 2.46 bits per heavy atom. The smallest absolute Gasteiger partial charge is 0.267 e. The maximum atomic E-state index is 13.6. The lowest BCUT2D eigenvalue weighted by Crippen LogP contribution is -2.47. The van der Waals surface area contributed by atoms with Crippen LogP contribution in [0.15, 0.2) is 52.3 Å². The number of thiocarbonyl (C=S) groups is 1. The van der Waals surface area contributed by atoms with Crippen LogP contribution in [0.1, 0.15) is 11.1 Å². The molecule has 10 heteroatoms. The van der Waals surface area contributed by atoms with Crippen molar-refractivity contribution in [3.63, 3.8) is 0 Å². The van der Waals surface area contributed by atoms with Crippen molar-refractivity contribution >= 4 is 57.4 Å². The number of likely N-dealkylation sites (N-methyl/N-ethyl adjacent to an activating group) is 1. The average molecular weight is 508 g/mol. The lowest BCUT2D eigenvalue weighted by atomic mass is 10.2. The molecule has 2 saturated heterocycles. The normalized spacial score (nSPS) is 17.7. The van der Waals surface area contributed by atoms with Gasteiger partial charge in [-0.1, -0.05) is 42.2 Å². The van der Waals surface area contributed by atoms with E-state index >= 15 is 0 Å². The van der Waals surface area contributed by atoms with Crippen molar-refractivity contribution in [2.45, 2.75) is 6.92 Å². The van der Waals surface area contributed by atoms with Crippen molar-refractivity contribution in [1.29, 1.82) is 0 Å². The van der Waals surface area contributed by atoms with Gasteiger partial charge in [0.1, 0.15) is 21.5 Å². The number of fused-ring (bicyclic) bond motifs is 1. The number of thioether (sulfide) groups is 1. The van der Waals surface area contributed by atoms with Gasteiger partial charge in [0.25, 0.3) is 11.5 Å². The fraction of sp³-hybridized carbons (Fsp3) is 0.280. The topological polar surface area (TPSA) is 70.4 Å². The number of para-hydroxylation sites is 2. The molecule has 0 spiro atoms. The molecular formula is C25H25N5O3S2. The number of anilines is 2. The molecule has 0 atom stereocenters. The number of aryl methyl sites for hydroxylation is 1. The third kappa shape index (κ3) is 4.28. The van der Waals surface area contributed by atoms with E-state index in [4.69, 9.17) is 21.9 Å². The molecule has 0 N–H and O–H groups in total. The summed E-state index contributed by atoms with van der Waals surface area (Å²) in [5.74, 6) is 1.21. The minimum absolute atomic E-state index is 0.206. The SMILES string of the molecule is COc1ccccc1N1CCN(c2nc3ccc(C)cn3c(=O)c2C=C2SC(=S)N(C)C2=O)CC1. The van der Waals surface area contributed by atoms with Gasteiger partial charge in [0.2, 0.25) is 0 Å². The quantitative estimate of drug-likeness (QED) is 0.394. The van der Waals surface area contributed by atoms with Crippen molar-refractivity contribution < 1.29 is 9.53 Å². The zero-order valence-electron chi connectivity index (χ0n) is 19.7. The van der Waals surface area contributed by atoms with E-state index in [1.807, 2.05) is 37.3 Å². The Bertz CT molecular complexity index is 1430. The third-order valence-corrected chi connectivity index (χ3v) is 7.74. The third-order valence-electron chi connectivity index (χ3n) is 6.25. The zero-order chi connectivity index (χ0) is 24.7. The van der Waals surface area contributed by atoms with Gasteiger partial charge < -0.3 is 14.5 Å². The summed E-state index contributed by atoms with van der Waals surface area (Å²) < 4.78 is 7.55. The molecule has 1 amide bonds.